The molecule has 0 aliphatic heterocycles. The van der Waals surface area contributed by atoms with Crippen molar-refractivity contribution in [3.8, 4) is 0 Å². The van der Waals surface area contributed by atoms with Gasteiger partial charge >= 0.3 is 0 Å². The fourth-order valence-electron chi connectivity index (χ4n) is 8.09. The molecule has 0 N–H and O–H groups in total. The number of hydrogen-bond acceptors (Lipinski definition) is 4. The second-order valence-electron chi connectivity index (χ2n) is 14.7. The Bertz CT molecular complexity index is 2350. The van der Waals surface area contributed by atoms with Crippen molar-refractivity contribution in [3.63, 3.8) is 0 Å². The third-order valence-corrected chi connectivity index (χ3v) is 10.9. The van der Waals surface area contributed by atoms with Crippen molar-refractivity contribution < 1.29 is 0 Å². The van der Waals surface area contributed by atoms with Gasteiger partial charge in [0.15, 0.2) is 0 Å². The third kappa shape index (κ3) is 8.03. The molecule has 0 radical (unpaired) electrons. The predicted octanol–water partition coefficient (Wildman–Crippen LogP) is 15.1. The van der Waals surface area contributed by atoms with Crippen LogP contribution >= 0.6 is 0 Å². The van der Waals surface area contributed by atoms with Crippen LogP contribution in [0.4, 0.5) is 56.9 Å². The number of rotatable bonds is 12. The van der Waals surface area contributed by atoms with Crippen molar-refractivity contribution >= 4 is 56.9 Å². The second kappa shape index (κ2) is 17.3. The maximum atomic E-state index is 2.49. The summed E-state index contributed by atoms with van der Waals surface area (Å²) < 4.78 is 0. The van der Waals surface area contributed by atoms with E-state index in [1.54, 1.807) is 0 Å². The third-order valence-electron chi connectivity index (χ3n) is 10.9. The molecule has 1 aliphatic rings. The molecule has 0 spiro atoms. The number of allylic oxidation sites excluding steroid dienone is 1. The molecule has 4 heteroatoms. The summed E-state index contributed by atoms with van der Waals surface area (Å²) in [5, 5.41) is 0. The lowest BCUT2D eigenvalue weighted by Crippen LogP contribution is -2.36. The molecule has 0 saturated carbocycles. The average molecular weight is 763 g/mol. The van der Waals surface area contributed by atoms with Gasteiger partial charge in [0.25, 0.3) is 0 Å². The van der Waals surface area contributed by atoms with E-state index < -0.39 is 0 Å². The van der Waals surface area contributed by atoms with Crippen LogP contribution in [0.5, 0.6) is 0 Å². The SMILES string of the molecule is CC1C=C(N(c2ccccc2)c2ccccc2)C=CC1N(c1ccc(N(c2ccccc2)c2ccccc2)cc1)c1ccc(N(c2ccccc2)c2ccccc2)cc1. The molecule has 8 aromatic rings. The standard InChI is InChI=1S/C55H46N4/c1-43-42-54(58(48-28-16-6-17-29-48)49-30-18-7-19-31-49)40-41-55(43)59(52-36-32-50(33-37-52)56(44-20-8-2-9-21-44)45-22-10-3-11-23-45)53-38-34-51(35-39-53)57(46-24-12-4-13-25-46)47-26-14-5-15-27-47/h2-43,55H,1H3. The predicted molar refractivity (Wildman–Crippen MR) is 250 cm³/mol. The first-order valence-electron chi connectivity index (χ1n) is 20.3. The van der Waals surface area contributed by atoms with Gasteiger partial charge < -0.3 is 19.6 Å². The van der Waals surface area contributed by atoms with E-state index in [9.17, 15) is 0 Å². The van der Waals surface area contributed by atoms with Crippen LogP contribution in [0, 0.1) is 5.92 Å². The number of nitrogens with zero attached hydrogens (tertiary/aromatic N) is 4. The molecule has 4 nitrogen and oxygen atoms in total. The summed E-state index contributed by atoms with van der Waals surface area (Å²) in [6.45, 7) is 2.33. The highest BCUT2D eigenvalue weighted by molar-refractivity contribution is 5.81. The number of benzene rings is 8. The van der Waals surface area contributed by atoms with Crippen LogP contribution in [0.3, 0.4) is 0 Å². The molecule has 2 unspecified atom stereocenters. The first-order valence-corrected chi connectivity index (χ1v) is 20.3. The first-order chi connectivity index (χ1) is 29.2. The van der Waals surface area contributed by atoms with Gasteiger partial charge in [-0.05, 0) is 127 Å². The fraction of sp³-hybridized carbons (Fsp3) is 0.0545. The molecule has 0 bridgehead atoms. The van der Waals surface area contributed by atoms with E-state index in [2.05, 4.69) is 275 Å². The zero-order valence-electron chi connectivity index (χ0n) is 33.1. The molecule has 0 aromatic heterocycles. The van der Waals surface area contributed by atoms with E-state index in [4.69, 9.17) is 0 Å². The highest BCUT2D eigenvalue weighted by atomic mass is 15.2. The topological polar surface area (TPSA) is 13.0 Å². The van der Waals surface area contributed by atoms with Crippen LogP contribution in [0.2, 0.25) is 0 Å². The summed E-state index contributed by atoms with van der Waals surface area (Å²) >= 11 is 0. The summed E-state index contributed by atoms with van der Waals surface area (Å²) in [5.41, 5.74) is 12.3. The van der Waals surface area contributed by atoms with Crippen molar-refractivity contribution in [2.45, 2.75) is 13.0 Å². The van der Waals surface area contributed by atoms with Gasteiger partial charge in [0, 0.05) is 68.5 Å². The summed E-state index contributed by atoms with van der Waals surface area (Å²) in [6.07, 6.45) is 7.08. The van der Waals surface area contributed by atoms with Crippen molar-refractivity contribution in [1.29, 1.82) is 0 Å². The zero-order valence-corrected chi connectivity index (χ0v) is 33.1. The summed E-state index contributed by atoms with van der Waals surface area (Å²) in [7, 11) is 0. The van der Waals surface area contributed by atoms with E-state index in [0.717, 1.165) is 62.6 Å². The molecule has 2 atom stereocenters. The largest absolute Gasteiger partial charge is 0.334 e. The van der Waals surface area contributed by atoms with E-state index in [1.165, 1.54) is 0 Å². The maximum absolute atomic E-state index is 2.49. The van der Waals surface area contributed by atoms with E-state index in [1.807, 2.05) is 0 Å². The smallest absolute Gasteiger partial charge is 0.0586 e. The highest BCUT2D eigenvalue weighted by Crippen LogP contribution is 2.42. The van der Waals surface area contributed by atoms with Crippen LogP contribution in [-0.2, 0) is 0 Å². The van der Waals surface area contributed by atoms with Gasteiger partial charge in [-0.2, -0.15) is 0 Å². The van der Waals surface area contributed by atoms with Crippen LogP contribution in [0.1, 0.15) is 6.92 Å². The molecule has 1 aliphatic carbocycles. The average Bonchev–Trinajstić information content (AvgIpc) is 3.31. The van der Waals surface area contributed by atoms with Gasteiger partial charge in [-0.25, -0.2) is 0 Å². The number of para-hydroxylation sites is 6. The van der Waals surface area contributed by atoms with Crippen LogP contribution in [0.25, 0.3) is 0 Å². The fourth-order valence-corrected chi connectivity index (χ4v) is 8.09. The molecule has 8 aromatic carbocycles. The molecule has 0 fully saturated rings. The Morgan fingerprint density at radius 1 is 0.288 bits per heavy atom. The Labute approximate surface area is 348 Å². The van der Waals surface area contributed by atoms with Gasteiger partial charge in [-0.3, -0.25) is 0 Å². The lowest BCUT2D eigenvalue weighted by atomic mass is 9.92. The van der Waals surface area contributed by atoms with Crippen LogP contribution in [-0.4, -0.2) is 6.04 Å². The van der Waals surface area contributed by atoms with Crippen molar-refractivity contribution in [2.75, 3.05) is 19.6 Å². The number of hydrogen-bond donors (Lipinski definition) is 0. The van der Waals surface area contributed by atoms with E-state index in [-0.39, 0.29) is 12.0 Å². The molecular formula is C55H46N4. The van der Waals surface area contributed by atoms with Crippen molar-refractivity contribution in [2.24, 2.45) is 5.92 Å². The normalized spacial score (nSPS) is 14.6. The van der Waals surface area contributed by atoms with Crippen LogP contribution in [0.15, 0.2) is 254 Å². The second-order valence-corrected chi connectivity index (χ2v) is 14.7. The number of anilines is 10. The molecule has 59 heavy (non-hydrogen) atoms. The molecule has 0 saturated heterocycles. The molecule has 9 rings (SSSR count). The summed E-state index contributed by atoms with van der Waals surface area (Å²) in [4.78, 5) is 9.46. The Balaban J connectivity index is 1.11. The lowest BCUT2D eigenvalue weighted by Gasteiger charge is -2.39. The minimum Gasteiger partial charge on any atom is -0.334 e. The van der Waals surface area contributed by atoms with Gasteiger partial charge in [-0.15, -0.1) is 0 Å². The van der Waals surface area contributed by atoms with Crippen molar-refractivity contribution in [1.82, 2.24) is 0 Å². The zero-order chi connectivity index (χ0) is 39.8. The Morgan fingerprint density at radius 3 is 0.831 bits per heavy atom. The van der Waals surface area contributed by atoms with E-state index in [0.29, 0.717) is 0 Å². The minimum absolute atomic E-state index is 0.0440. The maximum Gasteiger partial charge on any atom is 0.0586 e. The molecule has 0 heterocycles. The summed E-state index contributed by atoms with van der Waals surface area (Å²) in [6, 6.07) is 81.7. The monoisotopic (exact) mass is 762 g/mol. The Morgan fingerprint density at radius 2 is 0.542 bits per heavy atom. The van der Waals surface area contributed by atoms with Crippen LogP contribution < -0.4 is 19.6 Å². The quantitative estimate of drug-likeness (QED) is 0.123. The molecule has 0 amide bonds. The molecular weight excluding hydrogens is 717 g/mol. The first kappa shape index (κ1) is 37.0. The van der Waals surface area contributed by atoms with Gasteiger partial charge in [0.1, 0.15) is 0 Å². The summed E-state index contributed by atoms with van der Waals surface area (Å²) in [5.74, 6) is 0.166. The van der Waals surface area contributed by atoms with E-state index >= 15 is 0 Å². The Hall–Kier alpha value is -7.56. The minimum atomic E-state index is 0.0440. The van der Waals surface area contributed by atoms with Crippen molar-refractivity contribution in [3.05, 3.63) is 254 Å². The lowest BCUT2D eigenvalue weighted by molar-refractivity contribution is 0.604. The van der Waals surface area contributed by atoms with Gasteiger partial charge in [-0.1, -0.05) is 128 Å². The van der Waals surface area contributed by atoms with Gasteiger partial charge in [0.2, 0.25) is 0 Å². The van der Waals surface area contributed by atoms with Gasteiger partial charge in [0.05, 0.1) is 6.04 Å². The Kier molecular flexibility index (Phi) is 10.9. The highest BCUT2D eigenvalue weighted by Gasteiger charge is 2.28. The molecule has 286 valence electrons.